The first-order chi connectivity index (χ1) is 11.6. The Labute approximate surface area is 136 Å². The molecule has 2 aromatic carbocycles. The van der Waals surface area contributed by atoms with Gasteiger partial charge in [-0.05, 0) is 35.4 Å². The molecule has 3 aromatic rings. The molecular weight excluding hydrogens is 314 g/mol. The van der Waals surface area contributed by atoms with Gasteiger partial charge < -0.3 is 5.32 Å². The minimum absolute atomic E-state index is 0.229. The van der Waals surface area contributed by atoms with E-state index < -0.39 is 0 Å². The molecule has 1 aromatic heterocycles. The number of hydrogen-bond donors (Lipinski definition) is 2. The Morgan fingerprint density at radius 3 is 2.04 bits per heavy atom. The number of rotatable bonds is 5. The molecule has 0 amide bonds. The normalized spacial score (nSPS) is 10.6. The van der Waals surface area contributed by atoms with Crippen LogP contribution >= 0.6 is 0 Å². The number of hydrogen-bond acceptors (Lipinski definition) is 4. The van der Waals surface area contributed by atoms with Crippen LogP contribution in [0.2, 0.25) is 0 Å². The predicted molar refractivity (Wildman–Crippen MR) is 85.6 cm³/mol. The van der Waals surface area contributed by atoms with Gasteiger partial charge in [-0.15, -0.1) is 10.2 Å². The van der Waals surface area contributed by atoms with E-state index in [-0.39, 0.29) is 35.3 Å². The summed E-state index contributed by atoms with van der Waals surface area (Å²) in [6.45, 7) is 0.377. The van der Waals surface area contributed by atoms with Crippen molar-refractivity contribution >= 4 is 5.95 Å². The minimum atomic E-state index is -0.365. The van der Waals surface area contributed by atoms with Crippen LogP contribution < -0.4 is 10.9 Å². The third-order valence-electron chi connectivity index (χ3n) is 3.42. The quantitative estimate of drug-likeness (QED) is 0.755. The highest BCUT2D eigenvalue weighted by Gasteiger charge is 2.06. The Kier molecular flexibility index (Phi) is 4.60. The van der Waals surface area contributed by atoms with E-state index in [2.05, 4.69) is 20.5 Å². The molecule has 0 radical (unpaired) electrons. The van der Waals surface area contributed by atoms with E-state index >= 15 is 0 Å². The number of nitrogens with zero attached hydrogens (tertiary/aromatic N) is 2. The Balaban J connectivity index is 1.66. The molecule has 3 rings (SSSR count). The fourth-order valence-electron chi connectivity index (χ4n) is 2.14. The molecule has 24 heavy (non-hydrogen) atoms. The van der Waals surface area contributed by atoms with Crippen molar-refractivity contribution in [1.82, 2.24) is 15.2 Å². The molecule has 0 aliphatic rings. The Bertz CT molecular complexity index is 876. The van der Waals surface area contributed by atoms with E-state index in [9.17, 15) is 13.6 Å². The van der Waals surface area contributed by atoms with Crippen molar-refractivity contribution in [2.45, 2.75) is 13.0 Å². The predicted octanol–water partition coefficient (Wildman–Crippen LogP) is 2.65. The lowest BCUT2D eigenvalue weighted by atomic mass is 10.1. The lowest BCUT2D eigenvalue weighted by Crippen LogP contribution is -2.19. The van der Waals surface area contributed by atoms with Crippen LogP contribution in [0.5, 0.6) is 0 Å². The molecule has 7 heteroatoms. The first kappa shape index (κ1) is 15.8. The highest BCUT2D eigenvalue weighted by atomic mass is 19.1. The minimum Gasteiger partial charge on any atom is -0.350 e. The fourth-order valence-corrected chi connectivity index (χ4v) is 2.14. The molecule has 0 spiro atoms. The number of nitrogens with one attached hydrogen (secondary N) is 2. The molecule has 122 valence electrons. The van der Waals surface area contributed by atoms with E-state index in [1.807, 2.05) is 0 Å². The third kappa shape index (κ3) is 4.01. The lowest BCUT2D eigenvalue weighted by molar-refractivity contribution is 0.626. The van der Waals surface area contributed by atoms with E-state index in [0.717, 1.165) is 11.1 Å². The zero-order valence-corrected chi connectivity index (χ0v) is 12.6. The molecule has 0 fully saturated rings. The van der Waals surface area contributed by atoms with Crippen LogP contribution in [-0.2, 0) is 13.0 Å². The molecule has 1 heterocycles. The molecule has 0 unspecified atom stereocenters. The van der Waals surface area contributed by atoms with Crippen molar-refractivity contribution in [3.63, 3.8) is 0 Å². The smallest absolute Gasteiger partial charge is 0.274 e. The van der Waals surface area contributed by atoms with Crippen LogP contribution in [0, 0.1) is 11.6 Å². The fraction of sp³-hybridized carbons (Fsp3) is 0.118. The second-order valence-corrected chi connectivity index (χ2v) is 5.23. The van der Waals surface area contributed by atoms with Crippen molar-refractivity contribution in [1.29, 1.82) is 0 Å². The van der Waals surface area contributed by atoms with Crippen LogP contribution in [0.15, 0.2) is 53.3 Å². The molecule has 0 bridgehead atoms. The second kappa shape index (κ2) is 6.99. The van der Waals surface area contributed by atoms with Gasteiger partial charge in [-0.25, -0.2) is 8.78 Å². The lowest BCUT2D eigenvalue weighted by Gasteiger charge is -2.06. The van der Waals surface area contributed by atoms with Gasteiger partial charge >= 0.3 is 0 Å². The maximum absolute atomic E-state index is 12.9. The number of aromatic nitrogens is 3. The third-order valence-corrected chi connectivity index (χ3v) is 3.42. The van der Waals surface area contributed by atoms with Crippen molar-refractivity contribution in [2.75, 3.05) is 5.32 Å². The topological polar surface area (TPSA) is 70.7 Å². The monoisotopic (exact) mass is 328 g/mol. The highest BCUT2D eigenvalue weighted by molar-refractivity contribution is 5.27. The Morgan fingerprint density at radius 1 is 0.875 bits per heavy atom. The highest BCUT2D eigenvalue weighted by Crippen LogP contribution is 2.07. The summed E-state index contributed by atoms with van der Waals surface area (Å²) in [6, 6.07) is 11.8. The molecule has 0 aliphatic carbocycles. The van der Waals surface area contributed by atoms with Gasteiger partial charge in [0.25, 0.3) is 5.56 Å². The summed E-state index contributed by atoms with van der Waals surface area (Å²) < 4.78 is 25.7. The van der Waals surface area contributed by atoms with Crippen molar-refractivity contribution in [3.8, 4) is 0 Å². The van der Waals surface area contributed by atoms with Gasteiger partial charge in [0, 0.05) is 13.0 Å². The zero-order valence-electron chi connectivity index (χ0n) is 12.6. The van der Waals surface area contributed by atoms with Crippen LogP contribution in [0.4, 0.5) is 14.7 Å². The maximum atomic E-state index is 12.9. The number of halogens is 2. The van der Waals surface area contributed by atoms with Gasteiger partial charge in [-0.3, -0.25) is 9.78 Å². The first-order valence-corrected chi connectivity index (χ1v) is 7.29. The van der Waals surface area contributed by atoms with E-state index in [0.29, 0.717) is 6.54 Å². The standard InChI is InChI=1S/C17H14F2N4O/c18-13-5-1-11(2-6-13)9-15-16(24)21-17(23-22-15)20-10-12-3-7-14(19)8-4-12/h1-8H,9-10H2,(H2,20,21,23,24). The van der Waals surface area contributed by atoms with Gasteiger partial charge in [0.2, 0.25) is 5.95 Å². The van der Waals surface area contributed by atoms with Crippen molar-refractivity contribution in [3.05, 3.63) is 87.3 Å². The average molecular weight is 328 g/mol. The molecule has 0 saturated carbocycles. The summed E-state index contributed by atoms with van der Waals surface area (Å²) in [5.74, 6) is -0.414. The molecule has 0 aliphatic heterocycles. The molecule has 0 saturated heterocycles. The number of aromatic amines is 1. The van der Waals surface area contributed by atoms with Crippen LogP contribution in [0.25, 0.3) is 0 Å². The summed E-state index contributed by atoms with van der Waals surface area (Å²) in [4.78, 5) is 14.6. The second-order valence-electron chi connectivity index (χ2n) is 5.23. The maximum Gasteiger partial charge on any atom is 0.274 e. The Hall–Kier alpha value is -3.09. The molecule has 0 atom stereocenters. The largest absolute Gasteiger partial charge is 0.350 e. The summed E-state index contributed by atoms with van der Waals surface area (Å²) >= 11 is 0. The van der Waals surface area contributed by atoms with Gasteiger partial charge in [-0.1, -0.05) is 24.3 Å². The zero-order chi connectivity index (χ0) is 16.9. The summed E-state index contributed by atoms with van der Waals surface area (Å²) in [7, 11) is 0. The SMILES string of the molecule is O=c1[nH]c(NCc2ccc(F)cc2)nnc1Cc1ccc(F)cc1. The van der Waals surface area contributed by atoms with Crippen LogP contribution in [0.1, 0.15) is 16.8 Å². The van der Waals surface area contributed by atoms with Gasteiger partial charge in [-0.2, -0.15) is 0 Å². The molecule has 2 N–H and O–H groups in total. The summed E-state index contributed by atoms with van der Waals surface area (Å²) in [5, 5.41) is 10.8. The van der Waals surface area contributed by atoms with Gasteiger partial charge in [0.1, 0.15) is 17.3 Å². The first-order valence-electron chi connectivity index (χ1n) is 7.29. The van der Waals surface area contributed by atoms with E-state index in [4.69, 9.17) is 0 Å². The number of benzene rings is 2. The Morgan fingerprint density at radius 2 is 1.46 bits per heavy atom. The number of H-pyrrole nitrogens is 1. The van der Waals surface area contributed by atoms with Gasteiger partial charge in [0.15, 0.2) is 0 Å². The van der Waals surface area contributed by atoms with Gasteiger partial charge in [0.05, 0.1) is 0 Å². The van der Waals surface area contributed by atoms with Crippen molar-refractivity contribution < 1.29 is 8.78 Å². The summed E-state index contributed by atoms with van der Waals surface area (Å²) in [6.07, 6.45) is 0.265. The van der Waals surface area contributed by atoms with Crippen LogP contribution in [-0.4, -0.2) is 15.2 Å². The van der Waals surface area contributed by atoms with E-state index in [1.54, 1.807) is 24.3 Å². The molecular formula is C17H14F2N4O. The molecule has 5 nitrogen and oxygen atoms in total. The average Bonchev–Trinajstić information content (AvgIpc) is 2.58. The van der Waals surface area contributed by atoms with Crippen LogP contribution in [0.3, 0.4) is 0 Å². The van der Waals surface area contributed by atoms with E-state index in [1.165, 1.54) is 24.3 Å². The number of anilines is 1. The van der Waals surface area contributed by atoms with Crippen molar-refractivity contribution in [2.24, 2.45) is 0 Å². The summed E-state index contributed by atoms with van der Waals surface area (Å²) in [5.41, 5.74) is 1.49.